The van der Waals surface area contributed by atoms with Crippen LogP contribution in [-0.4, -0.2) is 43.8 Å². The molecule has 0 unspecified atom stereocenters. The summed E-state index contributed by atoms with van der Waals surface area (Å²) in [6.45, 7) is 0.524. The van der Waals surface area contributed by atoms with Crippen LogP contribution in [0.1, 0.15) is 12.8 Å². The third kappa shape index (κ3) is 4.41. The Hall–Kier alpha value is -2.74. The molecular formula is C24H24ClN3O3S. The van der Waals surface area contributed by atoms with E-state index in [0.29, 0.717) is 12.8 Å². The molecule has 1 saturated heterocycles. The van der Waals surface area contributed by atoms with Crippen molar-refractivity contribution in [1.29, 1.82) is 0 Å². The number of amides is 1. The SMILES string of the molecule is CN(C(=O)C1CCN(S(=O)(=O)c2cccnc2Cl)CC1)c1ccccc1-c1ccccc1. The van der Waals surface area contributed by atoms with Gasteiger partial charge in [-0.15, -0.1) is 0 Å². The molecule has 1 aliphatic heterocycles. The Morgan fingerprint density at radius 2 is 1.66 bits per heavy atom. The molecule has 0 bridgehead atoms. The van der Waals surface area contributed by atoms with Crippen LogP contribution in [-0.2, 0) is 14.8 Å². The average Bonchev–Trinajstić information content (AvgIpc) is 2.84. The maximum Gasteiger partial charge on any atom is 0.246 e. The number of para-hydroxylation sites is 1. The number of halogens is 1. The molecule has 1 aliphatic rings. The van der Waals surface area contributed by atoms with E-state index in [1.54, 1.807) is 18.0 Å². The molecule has 0 spiro atoms. The Labute approximate surface area is 193 Å². The van der Waals surface area contributed by atoms with Crippen molar-refractivity contribution in [2.45, 2.75) is 17.7 Å². The van der Waals surface area contributed by atoms with Crippen molar-refractivity contribution in [3.8, 4) is 11.1 Å². The van der Waals surface area contributed by atoms with Crippen molar-refractivity contribution in [3.63, 3.8) is 0 Å². The lowest BCUT2D eigenvalue weighted by molar-refractivity contribution is -0.123. The summed E-state index contributed by atoms with van der Waals surface area (Å²) in [4.78, 5) is 18.9. The molecule has 8 heteroatoms. The van der Waals surface area contributed by atoms with Gasteiger partial charge in [-0.1, -0.05) is 60.1 Å². The highest BCUT2D eigenvalue weighted by Crippen LogP contribution is 2.33. The maximum absolute atomic E-state index is 13.3. The molecule has 0 radical (unpaired) electrons. The number of carbonyl (C=O) groups is 1. The summed E-state index contributed by atoms with van der Waals surface area (Å²) < 4.78 is 27.3. The van der Waals surface area contributed by atoms with Gasteiger partial charge in [-0.05, 0) is 36.6 Å². The minimum Gasteiger partial charge on any atom is -0.315 e. The first-order valence-corrected chi connectivity index (χ1v) is 12.2. The number of nitrogens with zero attached hydrogens (tertiary/aromatic N) is 3. The fourth-order valence-electron chi connectivity index (χ4n) is 4.07. The quantitative estimate of drug-likeness (QED) is 0.517. The van der Waals surface area contributed by atoms with E-state index in [2.05, 4.69) is 4.98 Å². The maximum atomic E-state index is 13.3. The number of pyridine rings is 1. The first-order chi connectivity index (χ1) is 15.4. The van der Waals surface area contributed by atoms with Crippen molar-refractivity contribution in [2.24, 2.45) is 5.92 Å². The molecule has 2 aromatic carbocycles. The van der Waals surface area contributed by atoms with Gasteiger partial charge in [-0.2, -0.15) is 4.31 Å². The van der Waals surface area contributed by atoms with E-state index < -0.39 is 10.0 Å². The Bertz CT molecular complexity index is 1210. The normalized spacial score (nSPS) is 15.4. The summed E-state index contributed by atoms with van der Waals surface area (Å²) in [6.07, 6.45) is 2.36. The molecule has 0 atom stereocenters. The first-order valence-electron chi connectivity index (χ1n) is 10.4. The van der Waals surface area contributed by atoms with Crippen molar-refractivity contribution in [2.75, 3.05) is 25.0 Å². The number of anilines is 1. The highest BCUT2D eigenvalue weighted by molar-refractivity contribution is 7.89. The number of rotatable bonds is 5. The van der Waals surface area contributed by atoms with Crippen molar-refractivity contribution in [3.05, 3.63) is 78.1 Å². The van der Waals surface area contributed by atoms with Gasteiger partial charge in [0, 0.05) is 37.8 Å². The number of piperidine rings is 1. The molecule has 1 aromatic heterocycles. The van der Waals surface area contributed by atoms with Gasteiger partial charge in [0.2, 0.25) is 15.9 Å². The summed E-state index contributed by atoms with van der Waals surface area (Å²) >= 11 is 6.00. The monoisotopic (exact) mass is 469 g/mol. The third-order valence-electron chi connectivity index (χ3n) is 5.83. The van der Waals surface area contributed by atoms with E-state index in [1.165, 1.54) is 16.6 Å². The van der Waals surface area contributed by atoms with Crippen LogP contribution in [0.3, 0.4) is 0 Å². The summed E-state index contributed by atoms with van der Waals surface area (Å²) in [7, 11) is -1.96. The fraction of sp³-hybridized carbons (Fsp3) is 0.250. The third-order valence-corrected chi connectivity index (χ3v) is 8.17. The van der Waals surface area contributed by atoms with Crippen LogP contribution >= 0.6 is 11.6 Å². The van der Waals surface area contributed by atoms with Gasteiger partial charge in [0.1, 0.15) is 10.0 Å². The Morgan fingerprint density at radius 3 is 2.34 bits per heavy atom. The van der Waals surface area contributed by atoms with Gasteiger partial charge >= 0.3 is 0 Å². The molecule has 0 aliphatic carbocycles. The predicted molar refractivity (Wildman–Crippen MR) is 126 cm³/mol. The number of aromatic nitrogens is 1. The van der Waals surface area contributed by atoms with Crippen LogP contribution in [0, 0.1) is 5.92 Å². The number of sulfonamides is 1. The standard InChI is InChI=1S/C24H24ClN3O3S/c1-27(21-11-6-5-10-20(21)18-8-3-2-4-9-18)24(29)19-13-16-28(17-14-19)32(30,31)22-12-7-15-26-23(22)25/h2-12,15,19H,13-14,16-17H2,1H3. The highest BCUT2D eigenvalue weighted by Gasteiger charge is 2.34. The Morgan fingerprint density at radius 1 is 1.00 bits per heavy atom. The Kier molecular flexibility index (Phi) is 6.60. The molecule has 4 rings (SSSR count). The zero-order valence-corrected chi connectivity index (χ0v) is 19.3. The fourth-order valence-corrected chi connectivity index (χ4v) is 5.96. The molecular weight excluding hydrogens is 446 g/mol. The van der Waals surface area contributed by atoms with Gasteiger partial charge in [0.25, 0.3) is 0 Å². The minimum atomic E-state index is -3.74. The summed E-state index contributed by atoms with van der Waals surface area (Å²) in [5, 5.41) is -0.0389. The van der Waals surface area contributed by atoms with Crippen LogP contribution in [0.2, 0.25) is 5.15 Å². The van der Waals surface area contributed by atoms with Crippen LogP contribution in [0.4, 0.5) is 5.69 Å². The molecule has 166 valence electrons. The zero-order chi connectivity index (χ0) is 22.7. The number of hydrogen-bond acceptors (Lipinski definition) is 4. The molecule has 0 N–H and O–H groups in total. The minimum absolute atomic E-state index is 0.000324. The van der Waals surface area contributed by atoms with Gasteiger partial charge in [-0.3, -0.25) is 4.79 Å². The first kappa shape index (κ1) is 22.5. The highest BCUT2D eigenvalue weighted by atomic mass is 35.5. The molecule has 2 heterocycles. The van der Waals surface area contributed by atoms with E-state index in [4.69, 9.17) is 11.6 Å². The molecule has 1 amide bonds. The van der Waals surface area contributed by atoms with Gasteiger partial charge in [0.05, 0.1) is 5.69 Å². The lowest BCUT2D eigenvalue weighted by atomic mass is 9.95. The Balaban J connectivity index is 1.48. The molecule has 3 aromatic rings. The smallest absolute Gasteiger partial charge is 0.246 e. The number of hydrogen-bond donors (Lipinski definition) is 0. The molecule has 1 fully saturated rings. The zero-order valence-electron chi connectivity index (χ0n) is 17.7. The number of benzene rings is 2. The van der Waals surface area contributed by atoms with Crippen LogP contribution < -0.4 is 4.90 Å². The van der Waals surface area contributed by atoms with E-state index in [0.717, 1.165) is 16.8 Å². The van der Waals surface area contributed by atoms with Crippen molar-refractivity contribution in [1.82, 2.24) is 9.29 Å². The molecule has 32 heavy (non-hydrogen) atoms. The second kappa shape index (κ2) is 9.40. The van der Waals surface area contributed by atoms with Gasteiger partial charge in [-0.25, -0.2) is 13.4 Å². The van der Waals surface area contributed by atoms with E-state index >= 15 is 0 Å². The average molecular weight is 470 g/mol. The molecule has 6 nitrogen and oxygen atoms in total. The summed E-state index contributed by atoms with van der Waals surface area (Å²) in [6, 6.07) is 20.7. The second-order valence-corrected chi connectivity index (χ2v) is 10.0. The van der Waals surface area contributed by atoms with Gasteiger partial charge in [0.15, 0.2) is 0 Å². The van der Waals surface area contributed by atoms with Gasteiger partial charge < -0.3 is 4.90 Å². The van der Waals surface area contributed by atoms with Crippen LogP contribution in [0.15, 0.2) is 77.8 Å². The summed E-state index contributed by atoms with van der Waals surface area (Å²) in [5.41, 5.74) is 2.85. The van der Waals surface area contributed by atoms with Crippen LogP contribution in [0.5, 0.6) is 0 Å². The summed E-state index contributed by atoms with van der Waals surface area (Å²) in [5.74, 6) is -0.260. The largest absolute Gasteiger partial charge is 0.315 e. The predicted octanol–water partition coefficient (Wildman–Crippen LogP) is 4.47. The van der Waals surface area contributed by atoms with Crippen molar-refractivity contribution < 1.29 is 13.2 Å². The lowest BCUT2D eigenvalue weighted by Gasteiger charge is -2.33. The van der Waals surface area contributed by atoms with E-state index in [-0.39, 0.29) is 35.0 Å². The van der Waals surface area contributed by atoms with E-state index in [9.17, 15) is 13.2 Å². The number of carbonyl (C=O) groups excluding carboxylic acids is 1. The lowest BCUT2D eigenvalue weighted by Crippen LogP contribution is -2.43. The van der Waals surface area contributed by atoms with Crippen LogP contribution in [0.25, 0.3) is 11.1 Å². The van der Waals surface area contributed by atoms with Crippen molar-refractivity contribution >= 4 is 33.2 Å². The topological polar surface area (TPSA) is 70.6 Å². The molecule has 0 saturated carbocycles. The van der Waals surface area contributed by atoms with E-state index in [1.807, 2.05) is 54.6 Å². The second-order valence-electron chi connectivity index (χ2n) is 7.75.